The normalized spacial score (nSPS) is 10.4. The molecular weight excluding hydrogens is 500 g/mol. The van der Waals surface area contributed by atoms with Crippen molar-refractivity contribution < 1.29 is 0 Å². The third-order valence-electron chi connectivity index (χ3n) is 7.19. The molecule has 0 saturated carbocycles. The van der Waals surface area contributed by atoms with Gasteiger partial charge in [0.25, 0.3) is 0 Å². The lowest BCUT2D eigenvalue weighted by atomic mass is 10.0. The minimum absolute atomic E-state index is 0.619. The third kappa shape index (κ3) is 4.88. The summed E-state index contributed by atoms with van der Waals surface area (Å²) in [4.78, 5) is 5.70. The van der Waals surface area contributed by atoms with Crippen LogP contribution in [-0.4, -0.2) is 0 Å². The number of nitrogens with zero attached hydrogens (tertiary/aromatic N) is 4. The van der Waals surface area contributed by atoms with Crippen molar-refractivity contribution in [1.29, 1.82) is 10.5 Å². The molecule has 4 heteroatoms. The fourth-order valence-electron chi connectivity index (χ4n) is 5.07. The van der Waals surface area contributed by atoms with Crippen LogP contribution in [0.1, 0.15) is 11.1 Å². The molecule has 0 bridgehead atoms. The number of anilines is 3. The van der Waals surface area contributed by atoms with Gasteiger partial charge in [0.05, 0.1) is 35.5 Å². The summed E-state index contributed by atoms with van der Waals surface area (Å²) < 4.78 is 0. The Morgan fingerprint density at radius 3 is 1.49 bits per heavy atom. The third-order valence-corrected chi connectivity index (χ3v) is 7.19. The van der Waals surface area contributed by atoms with Crippen LogP contribution < -0.4 is 4.90 Å². The molecule has 0 aromatic heterocycles. The zero-order valence-corrected chi connectivity index (χ0v) is 22.0. The standard InChI is InChI=1S/C37H22N4/c1-40-32-17-10-28(11-18-32)30-14-21-34(22-15-30)41(37-23-16-31(25-39)35-4-2-3-5-36(35)37)33-19-12-29(13-20-33)27-8-6-26(24-38)7-9-27/h2-23H. The Labute approximate surface area is 239 Å². The minimum Gasteiger partial charge on any atom is -0.310 e. The van der Waals surface area contributed by atoms with Crippen molar-refractivity contribution in [2.45, 2.75) is 0 Å². The first-order valence-electron chi connectivity index (χ1n) is 13.1. The summed E-state index contributed by atoms with van der Waals surface area (Å²) in [5, 5.41) is 20.8. The van der Waals surface area contributed by atoms with Crippen LogP contribution >= 0.6 is 0 Å². The van der Waals surface area contributed by atoms with Crippen LogP contribution in [0.25, 0.3) is 37.9 Å². The van der Waals surface area contributed by atoms with Crippen molar-refractivity contribution in [2.24, 2.45) is 0 Å². The lowest BCUT2D eigenvalue weighted by molar-refractivity contribution is 1.30. The van der Waals surface area contributed by atoms with Crippen molar-refractivity contribution in [3.05, 3.63) is 156 Å². The zero-order chi connectivity index (χ0) is 28.2. The van der Waals surface area contributed by atoms with E-state index in [2.05, 4.69) is 76.5 Å². The van der Waals surface area contributed by atoms with Crippen LogP contribution in [0.4, 0.5) is 22.7 Å². The number of rotatable bonds is 5. The first-order valence-corrected chi connectivity index (χ1v) is 13.1. The summed E-state index contributed by atoms with van der Waals surface area (Å²) in [6, 6.07) is 48.3. The molecule has 0 amide bonds. The van der Waals surface area contributed by atoms with Crippen LogP contribution in [0.3, 0.4) is 0 Å². The second-order valence-electron chi connectivity index (χ2n) is 9.57. The van der Waals surface area contributed by atoms with Crippen molar-refractivity contribution >= 4 is 33.5 Å². The van der Waals surface area contributed by atoms with E-state index in [1.165, 1.54) is 0 Å². The first-order chi connectivity index (χ1) is 20.2. The van der Waals surface area contributed by atoms with Gasteiger partial charge in [0.2, 0.25) is 0 Å². The summed E-state index contributed by atoms with van der Waals surface area (Å²) in [7, 11) is 0. The van der Waals surface area contributed by atoms with E-state index in [-0.39, 0.29) is 0 Å². The van der Waals surface area contributed by atoms with Gasteiger partial charge in [0.15, 0.2) is 5.69 Å². The minimum atomic E-state index is 0.619. The van der Waals surface area contributed by atoms with E-state index in [9.17, 15) is 5.26 Å². The molecule has 0 radical (unpaired) electrons. The molecule has 6 rings (SSSR count). The summed E-state index contributed by atoms with van der Waals surface area (Å²) in [5.41, 5.74) is 9.03. The Morgan fingerprint density at radius 1 is 0.512 bits per heavy atom. The van der Waals surface area contributed by atoms with E-state index >= 15 is 0 Å². The molecule has 0 aliphatic heterocycles. The molecule has 0 spiro atoms. The van der Waals surface area contributed by atoms with Gasteiger partial charge in [0, 0.05) is 22.1 Å². The molecule has 41 heavy (non-hydrogen) atoms. The summed E-state index contributed by atoms with van der Waals surface area (Å²) in [5.74, 6) is 0. The molecule has 0 atom stereocenters. The van der Waals surface area contributed by atoms with Gasteiger partial charge in [-0.2, -0.15) is 10.5 Å². The highest BCUT2D eigenvalue weighted by molar-refractivity contribution is 6.01. The molecule has 0 aliphatic rings. The fourth-order valence-corrected chi connectivity index (χ4v) is 5.07. The van der Waals surface area contributed by atoms with Gasteiger partial charge in [-0.3, -0.25) is 0 Å². The highest BCUT2D eigenvalue weighted by atomic mass is 15.1. The van der Waals surface area contributed by atoms with Crippen LogP contribution in [0.5, 0.6) is 0 Å². The maximum absolute atomic E-state index is 9.74. The lowest BCUT2D eigenvalue weighted by Crippen LogP contribution is -2.10. The summed E-state index contributed by atoms with van der Waals surface area (Å²) in [6.45, 7) is 7.21. The van der Waals surface area contributed by atoms with E-state index in [4.69, 9.17) is 11.8 Å². The van der Waals surface area contributed by atoms with Crippen LogP contribution in [-0.2, 0) is 0 Å². The Kier molecular flexibility index (Phi) is 6.69. The fraction of sp³-hybridized carbons (Fsp3) is 0. The van der Waals surface area contributed by atoms with Gasteiger partial charge in [-0.05, 0) is 70.8 Å². The van der Waals surface area contributed by atoms with E-state index in [1.807, 2.05) is 78.9 Å². The molecule has 0 fully saturated rings. The lowest BCUT2D eigenvalue weighted by Gasteiger charge is -2.27. The number of benzene rings is 6. The Morgan fingerprint density at radius 2 is 1.00 bits per heavy atom. The Bertz CT molecular complexity index is 1880. The zero-order valence-electron chi connectivity index (χ0n) is 22.0. The SMILES string of the molecule is [C-]#[N+]c1ccc(-c2ccc(N(c3ccc(-c4ccc(C#N)cc4)cc3)c3ccc(C#N)c4ccccc34)cc2)cc1. The van der Waals surface area contributed by atoms with Gasteiger partial charge >= 0.3 is 0 Å². The van der Waals surface area contributed by atoms with Gasteiger partial charge in [-0.25, -0.2) is 4.85 Å². The van der Waals surface area contributed by atoms with Crippen molar-refractivity contribution in [1.82, 2.24) is 0 Å². The van der Waals surface area contributed by atoms with E-state index in [0.717, 1.165) is 50.1 Å². The largest absolute Gasteiger partial charge is 0.310 e. The monoisotopic (exact) mass is 522 g/mol. The smallest absolute Gasteiger partial charge is 0.187 e. The first kappa shape index (κ1) is 25.1. The van der Waals surface area contributed by atoms with Crippen LogP contribution in [0.15, 0.2) is 133 Å². The molecule has 0 saturated heterocycles. The molecular formula is C37H22N4. The molecule has 0 N–H and O–H groups in total. The van der Waals surface area contributed by atoms with Crippen molar-refractivity contribution in [2.75, 3.05) is 4.90 Å². The molecule has 6 aromatic rings. The van der Waals surface area contributed by atoms with Crippen LogP contribution in [0, 0.1) is 29.2 Å². The summed E-state index contributed by atoms with van der Waals surface area (Å²) in [6.07, 6.45) is 0. The number of hydrogen-bond donors (Lipinski definition) is 0. The molecule has 0 aliphatic carbocycles. The quantitative estimate of drug-likeness (QED) is 0.212. The average Bonchev–Trinajstić information content (AvgIpc) is 3.05. The van der Waals surface area contributed by atoms with Gasteiger partial charge < -0.3 is 4.90 Å². The van der Waals surface area contributed by atoms with Crippen molar-refractivity contribution in [3.8, 4) is 34.4 Å². The maximum Gasteiger partial charge on any atom is 0.187 e. The Balaban J connectivity index is 1.46. The summed E-state index contributed by atoms with van der Waals surface area (Å²) >= 11 is 0. The van der Waals surface area contributed by atoms with Gasteiger partial charge in [0.1, 0.15) is 0 Å². The highest BCUT2D eigenvalue weighted by Crippen LogP contribution is 2.41. The molecule has 0 heterocycles. The van der Waals surface area contributed by atoms with E-state index in [1.54, 1.807) is 0 Å². The van der Waals surface area contributed by atoms with Gasteiger partial charge in [-0.15, -0.1) is 0 Å². The second kappa shape index (κ2) is 10.9. The topological polar surface area (TPSA) is 55.2 Å². The molecule has 190 valence electrons. The maximum atomic E-state index is 9.74. The number of nitriles is 2. The van der Waals surface area contributed by atoms with E-state index in [0.29, 0.717) is 16.8 Å². The number of hydrogen-bond acceptors (Lipinski definition) is 3. The van der Waals surface area contributed by atoms with E-state index < -0.39 is 0 Å². The molecule has 0 unspecified atom stereocenters. The second-order valence-corrected chi connectivity index (χ2v) is 9.57. The predicted octanol–water partition coefficient (Wildman–Crippen LogP) is 9.94. The molecule has 6 aromatic carbocycles. The average molecular weight is 523 g/mol. The predicted molar refractivity (Wildman–Crippen MR) is 165 cm³/mol. The van der Waals surface area contributed by atoms with Crippen molar-refractivity contribution in [3.63, 3.8) is 0 Å². The highest BCUT2D eigenvalue weighted by Gasteiger charge is 2.17. The number of fused-ring (bicyclic) bond motifs is 1. The van der Waals surface area contributed by atoms with Gasteiger partial charge in [-0.1, -0.05) is 84.9 Å². The Hall–Kier alpha value is -6.15. The molecule has 4 nitrogen and oxygen atoms in total. The van der Waals surface area contributed by atoms with Crippen LogP contribution in [0.2, 0.25) is 0 Å².